The van der Waals surface area contributed by atoms with Crippen molar-refractivity contribution in [2.75, 3.05) is 17.2 Å². The van der Waals surface area contributed by atoms with Crippen LogP contribution in [-0.4, -0.2) is 23.6 Å². The number of benzene rings is 2. The zero-order chi connectivity index (χ0) is 19.9. The molecule has 6 heteroatoms. The van der Waals surface area contributed by atoms with Gasteiger partial charge in [0.1, 0.15) is 24.3 Å². The smallest absolute Gasteiger partial charge is 0.253 e. The summed E-state index contributed by atoms with van der Waals surface area (Å²) in [7, 11) is 0. The fourth-order valence-corrected chi connectivity index (χ4v) is 3.07. The van der Waals surface area contributed by atoms with Crippen LogP contribution in [0.3, 0.4) is 0 Å². The van der Waals surface area contributed by atoms with Gasteiger partial charge in [-0.05, 0) is 54.8 Å². The van der Waals surface area contributed by atoms with Gasteiger partial charge in [-0.25, -0.2) is 4.98 Å². The maximum Gasteiger partial charge on any atom is 0.253 e. The van der Waals surface area contributed by atoms with Crippen molar-refractivity contribution in [3.05, 3.63) is 78.5 Å². The molecule has 6 nitrogen and oxygen atoms in total. The van der Waals surface area contributed by atoms with Crippen molar-refractivity contribution < 1.29 is 14.3 Å². The molecule has 0 radical (unpaired) electrons. The minimum Gasteiger partial charge on any atom is -0.489 e. The first-order chi connectivity index (χ1) is 14.3. The van der Waals surface area contributed by atoms with Crippen LogP contribution in [0, 0.1) is 0 Å². The maximum absolute atomic E-state index is 12.1. The normalized spacial score (nSPS) is 15.7. The van der Waals surface area contributed by atoms with Gasteiger partial charge in [0.05, 0.1) is 11.9 Å². The Bertz CT molecular complexity index is 922. The SMILES string of the molecule is O=C(Nc1ccc(Nc2ccc(OCc3ccccc3)cc2)nc1)C1CCCO1. The Morgan fingerprint density at radius 2 is 1.83 bits per heavy atom. The predicted octanol–water partition coefficient (Wildman–Crippen LogP) is 4.52. The highest BCUT2D eigenvalue weighted by Crippen LogP contribution is 2.21. The molecule has 1 aromatic heterocycles. The van der Waals surface area contributed by atoms with Crippen molar-refractivity contribution >= 4 is 23.1 Å². The molecule has 148 valence electrons. The number of pyridine rings is 1. The molecule has 3 aromatic rings. The molecular formula is C23H23N3O3. The molecule has 2 aromatic carbocycles. The topological polar surface area (TPSA) is 72.5 Å². The van der Waals surface area contributed by atoms with Gasteiger partial charge >= 0.3 is 0 Å². The van der Waals surface area contributed by atoms with E-state index in [0.29, 0.717) is 24.7 Å². The quantitative estimate of drug-likeness (QED) is 0.621. The van der Waals surface area contributed by atoms with E-state index in [1.165, 1.54) is 0 Å². The number of hydrogen-bond acceptors (Lipinski definition) is 5. The molecule has 1 saturated heterocycles. The van der Waals surface area contributed by atoms with Crippen LogP contribution in [0.15, 0.2) is 72.9 Å². The number of amides is 1. The third kappa shape index (κ3) is 5.33. The fourth-order valence-electron chi connectivity index (χ4n) is 3.07. The van der Waals surface area contributed by atoms with Crippen LogP contribution in [0.1, 0.15) is 18.4 Å². The first-order valence-corrected chi connectivity index (χ1v) is 9.68. The highest BCUT2D eigenvalue weighted by Gasteiger charge is 2.23. The monoisotopic (exact) mass is 389 g/mol. The summed E-state index contributed by atoms with van der Waals surface area (Å²) in [4.78, 5) is 16.4. The molecular weight excluding hydrogens is 366 g/mol. The van der Waals surface area contributed by atoms with Crippen LogP contribution in [0.2, 0.25) is 0 Å². The summed E-state index contributed by atoms with van der Waals surface area (Å²) in [6.07, 6.45) is 2.97. The van der Waals surface area contributed by atoms with Crippen molar-refractivity contribution in [3.8, 4) is 5.75 Å². The van der Waals surface area contributed by atoms with Gasteiger partial charge in [0.25, 0.3) is 5.91 Å². The van der Waals surface area contributed by atoms with Gasteiger partial charge in [0, 0.05) is 12.3 Å². The number of hydrogen-bond donors (Lipinski definition) is 2. The van der Waals surface area contributed by atoms with Gasteiger partial charge in [-0.1, -0.05) is 30.3 Å². The Kier molecular flexibility index (Phi) is 6.02. The molecule has 4 rings (SSSR count). The molecule has 0 spiro atoms. The lowest BCUT2D eigenvalue weighted by molar-refractivity contribution is -0.124. The summed E-state index contributed by atoms with van der Waals surface area (Å²) in [6, 6.07) is 21.4. The lowest BCUT2D eigenvalue weighted by Crippen LogP contribution is -2.26. The van der Waals surface area contributed by atoms with Gasteiger partial charge in [0.15, 0.2) is 0 Å². The lowest BCUT2D eigenvalue weighted by atomic mass is 10.2. The average molecular weight is 389 g/mol. The molecule has 2 N–H and O–H groups in total. The van der Waals surface area contributed by atoms with Crippen molar-refractivity contribution in [3.63, 3.8) is 0 Å². The van der Waals surface area contributed by atoms with Gasteiger partial charge in [0.2, 0.25) is 0 Å². The number of nitrogens with zero attached hydrogens (tertiary/aromatic N) is 1. The summed E-state index contributed by atoms with van der Waals surface area (Å²) in [5.41, 5.74) is 2.69. The van der Waals surface area contributed by atoms with Crippen LogP contribution in [0.4, 0.5) is 17.2 Å². The van der Waals surface area contributed by atoms with E-state index in [-0.39, 0.29) is 12.0 Å². The zero-order valence-corrected chi connectivity index (χ0v) is 16.0. The predicted molar refractivity (Wildman–Crippen MR) is 112 cm³/mol. The van der Waals surface area contributed by atoms with E-state index in [1.807, 2.05) is 66.7 Å². The number of carbonyl (C=O) groups is 1. The van der Waals surface area contributed by atoms with Crippen LogP contribution in [0.5, 0.6) is 5.75 Å². The molecule has 1 unspecified atom stereocenters. The van der Waals surface area contributed by atoms with Crippen molar-refractivity contribution in [2.24, 2.45) is 0 Å². The molecule has 0 saturated carbocycles. The van der Waals surface area contributed by atoms with E-state index >= 15 is 0 Å². The zero-order valence-electron chi connectivity index (χ0n) is 16.0. The average Bonchev–Trinajstić information content (AvgIpc) is 3.31. The Morgan fingerprint density at radius 3 is 2.52 bits per heavy atom. The molecule has 0 bridgehead atoms. The first-order valence-electron chi connectivity index (χ1n) is 9.68. The van der Waals surface area contributed by atoms with E-state index in [9.17, 15) is 4.79 Å². The van der Waals surface area contributed by atoms with Crippen LogP contribution >= 0.6 is 0 Å². The van der Waals surface area contributed by atoms with E-state index in [0.717, 1.165) is 29.8 Å². The van der Waals surface area contributed by atoms with Crippen LogP contribution in [-0.2, 0) is 16.1 Å². The van der Waals surface area contributed by atoms with Gasteiger partial charge in [-0.3, -0.25) is 4.79 Å². The molecule has 1 aliphatic heterocycles. The van der Waals surface area contributed by atoms with Gasteiger partial charge in [-0.2, -0.15) is 0 Å². The highest BCUT2D eigenvalue weighted by molar-refractivity contribution is 5.94. The third-order valence-electron chi connectivity index (χ3n) is 4.63. The Hall–Kier alpha value is -3.38. The summed E-state index contributed by atoms with van der Waals surface area (Å²) < 4.78 is 11.2. The number of rotatable bonds is 7. The molecule has 29 heavy (non-hydrogen) atoms. The van der Waals surface area contributed by atoms with Crippen LogP contribution in [0.25, 0.3) is 0 Å². The number of carbonyl (C=O) groups excluding carboxylic acids is 1. The number of anilines is 3. The molecule has 1 aliphatic rings. The molecule has 1 fully saturated rings. The number of aromatic nitrogens is 1. The summed E-state index contributed by atoms with van der Waals surface area (Å²) >= 11 is 0. The van der Waals surface area contributed by atoms with Crippen molar-refractivity contribution in [1.29, 1.82) is 0 Å². The minimum absolute atomic E-state index is 0.115. The largest absolute Gasteiger partial charge is 0.489 e. The van der Waals surface area contributed by atoms with Gasteiger partial charge in [-0.15, -0.1) is 0 Å². The molecule has 1 amide bonds. The molecule has 1 atom stereocenters. The van der Waals surface area contributed by atoms with E-state index < -0.39 is 0 Å². The Balaban J connectivity index is 1.29. The number of nitrogens with one attached hydrogen (secondary N) is 2. The maximum atomic E-state index is 12.1. The second-order valence-corrected chi connectivity index (χ2v) is 6.85. The Morgan fingerprint density at radius 1 is 1.03 bits per heavy atom. The van der Waals surface area contributed by atoms with E-state index in [2.05, 4.69) is 15.6 Å². The number of ether oxygens (including phenoxy) is 2. The van der Waals surface area contributed by atoms with Gasteiger partial charge < -0.3 is 20.1 Å². The standard InChI is InChI=1S/C23H23N3O3/c27-23(21-7-4-14-28-21)26-19-10-13-22(24-15-19)25-18-8-11-20(12-9-18)29-16-17-5-2-1-3-6-17/h1-3,5-6,8-13,15,21H,4,7,14,16H2,(H,24,25)(H,26,27). The Labute approximate surface area is 169 Å². The highest BCUT2D eigenvalue weighted by atomic mass is 16.5. The summed E-state index contributed by atoms with van der Waals surface area (Å²) in [5.74, 6) is 1.38. The second kappa shape index (κ2) is 9.21. The molecule has 0 aliphatic carbocycles. The fraction of sp³-hybridized carbons (Fsp3) is 0.217. The van der Waals surface area contributed by atoms with Crippen LogP contribution < -0.4 is 15.4 Å². The molecule has 2 heterocycles. The summed E-state index contributed by atoms with van der Waals surface area (Å²) in [5, 5.41) is 6.08. The third-order valence-corrected chi connectivity index (χ3v) is 4.63. The van der Waals surface area contributed by atoms with E-state index in [4.69, 9.17) is 9.47 Å². The lowest BCUT2D eigenvalue weighted by Gasteiger charge is -2.11. The van der Waals surface area contributed by atoms with Crippen molar-refractivity contribution in [2.45, 2.75) is 25.6 Å². The first kappa shape index (κ1) is 19.0. The minimum atomic E-state index is -0.351. The van der Waals surface area contributed by atoms with Crippen molar-refractivity contribution in [1.82, 2.24) is 4.98 Å². The van der Waals surface area contributed by atoms with E-state index in [1.54, 1.807) is 6.20 Å². The second-order valence-electron chi connectivity index (χ2n) is 6.85. The summed E-state index contributed by atoms with van der Waals surface area (Å²) in [6.45, 7) is 1.18.